The van der Waals surface area contributed by atoms with Crippen LogP contribution in [0.25, 0.3) is 5.57 Å². The molecule has 0 aliphatic heterocycles. The third kappa shape index (κ3) is 2.77. The van der Waals surface area contributed by atoms with Crippen LogP contribution in [-0.2, 0) is 4.79 Å². The van der Waals surface area contributed by atoms with Crippen molar-refractivity contribution in [2.45, 2.75) is 13.8 Å². The summed E-state index contributed by atoms with van der Waals surface area (Å²) in [6, 6.07) is 5.22. The highest BCUT2D eigenvalue weighted by molar-refractivity contribution is 5.96. The zero-order valence-electron chi connectivity index (χ0n) is 8.83. The van der Waals surface area contributed by atoms with E-state index in [1.54, 1.807) is 18.2 Å². The van der Waals surface area contributed by atoms with Crippen LogP contribution in [0.15, 0.2) is 24.8 Å². The van der Waals surface area contributed by atoms with Gasteiger partial charge in [-0.05, 0) is 24.6 Å². The maximum absolute atomic E-state index is 10.9. The van der Waals surface area contributed by atoms with Gasteiger partial charge in [0, 0.05) is 12.5 Å². The summed E-state index contributed by atoms with van der Waals surface area (Å²) >= 11 is 0. The molecular weight excluding hydrogens is 190 g/mol. The van der Waals surface area contributed by atoms with E-state index in [9.17, 15) is 9.59 Å². The van der Waals surface area contributed by atoms with E-state index in [4.69, 9.17) is 0 Å². The van der Waals surface area contributed by atoms with Gasteiger partial charge in [-0.1, -0.05) is 18.2 Å². The quantitative estimate of drug-likeness (QED) is 0.767. The van der Waals surface area contributed by atoms with Crippen LogP contribution in [0.5, 0.6) is 0 Å². The third-order valence-corrected chi connectivity index (χ3v) is 1.98. The van der Waals surface area contributed by atoms with Crippen LogP contribution in [0, 0.1) is 0 Å². The first kappa shape index (κ1) is 11.2. The van der Waals surface area contributed by atoms with Crippen LogP contribution in [-0.4, -0.2) is 12.2 Å². The van der Waals surface area contributed by atoms with Gasteiger partial charge in [0.1, 0.15) is 0 Å². The lowest BCUT2D eigenvalue weighted by Gasteiger charge is -2.08. The monoisotopic (exact) mass is 203 g/mol. The Kier molecular flexibility index (Phi) is 3.39. The van der Waals surface area contributed by atoms with E-state index in [-0.39, 0.29) is 5.91 Å². The lowest BCUT2D eigenvalue weighted by Crippen LogP contribution is -2.08. The fourth-order valence-corrected chi connectivity index (χ4v) is 1.22. The minimum absolute atomic E-state index is 0.197. The second-order valence-electron chi connectivity index (χ2n) is 3.38. The molecule has 3 nitrogen and oxygen atoms in total. The van der Waals surface area contributed by atoms with Gasteiger partial charge in [0.15, 0.2) is 6.29 Å². The van der Waals surface area contributed by atoms with E-state index >= 15 is 0 Å². The van der Waals surface area contributed by atoms with Crippen LogP contribution in [0.3, 0.4) is 0 Å². The average Bonchev–Trinajstić information content (AvgIpc) is 2.16. The zero-order chi connectivity index (χ0) is 11.4. The fraction of sp³-hybridized carbons (Fsp3) is 0.167. The molecule has 0 bridgehead atoms. The molecule has 0 saturated carbocycles. The molecular formula is C12H13NO2. The van der Waals surface area contributed by atoms with Crippen molar-refractivity contribution in [3.63, 3.8) is 0 Å². The maximum Gasteiger partial charge on any atom is 0.221 e. The van der Waals surface area contributed by atoms with Gasteiger partial charge in [-0.15, -0.1) is 0 Å². The van der Waals surface area contributed by atoms with E-state index < -0.39 is 0 Å². The molecule has 0 atom stereocenters. The number of carbonyl (C=O) groups is 2. The van der Waals surface area contributed by atoms with Gasteiger partial charge in [0.25, 0.3) is 0 Å². The molecule has 0 heterocycles. The predicted octanol–water partition coefficient (Wildman–Crippen LogP) is 2.49. The third-order valence-electron chi connectivity index (χ3n) is 1.98. The Morgan fingerprint density at radius 2 is 2.07 bits per heavy atom. The zero-order valence-corrected chi connectivity index (χ0v) is 8.83. The summed E-state index contributed by atoms with van der Waals surface area (Å²) < 4.78 is 0. The molecule has 1 aromatic rings. The van der Waals surface area contributed by atoms with Crippen molar-refractivity contribution in [2.75, 3.05) is 5.32 Å². The van der Waals surface area contributed by atoms with E-state index in [2.05, 4.69) is 11.9 Å². The highest BCUT2D eigenvalue weighted by Crippen LogP contribution is 2.20. The summed E-state index contributed by atoms with van der Waals surface area (Å²) in [7, 11) is 0. The SMILES string of the molecule is C=C(C)c1ccc(C=O)c(NC(C)=O)c1. The predicted molar refractivity (Wildman–Crippen MR) is 60.8 cm³/mol. The van der Waals surface area contributed by atoms with Gasteiger partial charge in [-0.25, -0.2) is 0 Å². The van der Waals surface area contributed by atoms with Crippen LogP contribution < -0.4 is 5.32 Å². The molecule has 1 N–H and O–H groups in total. The van der Waals surface area contributed by atoms with Crippen molar-refractivity contribution in [1.29, 1.82) is 0 Å². The summed E-state index contributed by atoms with van der Waals surface area (Å²) in [5.74, 6) is -0.197. The largest absolute Gasteiger partial charge is 0.326 e. The summed E-state index contributed by atoms with van der Waals surface area (Å²) in [6.45, 7) is 7.07. The highest BCUT2D eigenvalue weighted by atomic mass is 16.1. The molecule has 1 rings (SSSR count). The number of allylic oxidation sites excluding steroid dienone is 1. The lowest BCUT2D eigenvalue weighted by molar-refractivity contribution is -0.114. The lowest BCUT2D eigenvalue weighted by atomic mass is 10.1. The van der Waals surface area contributed by atoms with Crippen molar-refractivity contribution < 1.29 is 9.59 Å². The first-order chi connectivity index (χ1) is 7.04. The number of nitrogens with one attached hydrogen (secondary N) is 1. The molecule has 3 heteroatoms. The Labute approximate surface area is 88.8 Å². The Hall–Kier alpha value is -1.90. The minimum Gasteiger partial charge on any atom is -0.326 e. The average molecular weight is 203 g/mol. The first-order valence-corrected chi connectivity index (χ1v) is 4.57. The summed E-state index contributed by atoms with van der Waals surface area (Å²) in [6.07, 6.45) is 0.716. The Morgan fingerprint density at radius 3 is 2.53 bits per heavy atom. The summed E-state index contributed by atoms with van der Waals surface area (Å²) in [5.41, 5.74) is 2.79. The minimum atomic E-state index is -0.197. The number of carbonyl (C=O) groups excluding carboxylic acids is 2. The van der Waals surface area contributed by atoms with E-state index in [0.29, 0.717) is 17.5 Å². The smallest absolute Gasteiger partial charge is 0.221 e. The molecule has 0 radical (unpaired) electrons. The number of benzene rings is 1. The molecule has 78 valence electrons. The van der Waals surface area contributed by atoms with Crippen molar-refractivity contribution in [3.05, 3.63) is 35.9 Å². The van der Waals surface area contributed by atoms with Gasteiger partial charge in [0.2, 0.25) is 5.91 Å². The molecule has 0 unspecified atom stereocenters. The Bertz CT molecular complexity index is 422. The van der Waals surface area contributed by atoms with Crippen LogP contribution in [0.1, 0.15) is 29.8 Å². The van der Waals surface area contributed by atoms with Gasteiger partial charge >= 0.3 is 0 Å². The van der Waals surface area contributed by atoms with E-state index in [1.165, 1.54) is 6.92 Å². The summed E-state index contributed by atoms with van der Waals surface area (Å²) in [4.78, 5) is 21.6. The second kappa shape index (κ2) is 4.55. The van der Waals surface area contributed by atoms with Crippen LogP contribution in [0.4, 0.5) is 5.69 Å². The number of aldehydes is 1. The highest BCUT2D eigenvalue weighted by Gasteiger charge is 2.04. The number of hydrogen-bond acceptors (Lipinski definition) is 2. The Morgan fingerprint density at radius 1 is 1.40 bits per heavy atom. The maximum atomic E-state index is 10.9. The molecule has 0 spiro atoms. The number of hydrogen-bond donors (Lipinski definition) is 1. The molecule has 15 heavy (non-hydrogen) atoms. The van der Waals surface area contributed by atoms with Crippen molar-refractivity contribution in [3.8, 4) is 0 Å². The van der Waals surface area contributed by atoms with Gasteiger partial charge in [0.05, 0.1) is 5.69 Å². The summed E-state index contributed by atoms with van der Waals surface area (Å²) in [5, 5.41) is 2.61. The van der Waals surface area contributed by atoms with Crippen LogP contribution in [0.2, 0.25) is 0 Å². The van der Waals surface area contributed by atoms with Gasteiger partial charge in [-0.3, -0.25) is 9.59 Å². The molecule has 0 aliphatic rings. The Balaban J connectivity index is 3.18. The topological polar surface area (TPSA) is 46.2 Å². The second-order valence-corrected chi connectivity index (χ2v) is 3.38. The van der Waals surface area contributed by atoms with Crippen molar-refractivity contribution in [2.24, 2.45) is 0 Å². The van der Waals surface area contributed by atoms with Crippen molar-refractivity contribution in [1.82, 2.24) is 0 Å². The molecule has 1 amide bonds. The van der Waals surface area contributed by atoms with Gasteiger partial charge in [-0.2, -0.15) is 0 Å². The van der Waals surface area contributed by atoms with Crippen molar-refractivity contribution >= 4 is 23.5 Å². The molecule has 0 aliphatic carbocycles. The number of rotatable bonds is 3. The first-order valence-electron chi connectivity index (χ1n) is 4.57. The molecule has 1 aromatic carbocycles. The van der Waals surface area contributed by atoms with E-state index in [1.807, 2.05) is 6.92 Å². The molecule has 0 aromatic heterocycles. The normalized spacial score (nSPS) is 9.47. The number of anilines is 1. The number of amides is 1. The van der Waals surface area contributed by atoms with Gasteiger partial charge < -0.3 is 5.32 Å². The molecule has 0 saturated heterocycles. The van der Waals surface area contributed by atoms with E-state index in [0.717, 1.165) is 11.1 Å². The standard InChI is InChI=1S/C12H13NO2/c1-8(2)10-4-5-11(7-14)12(6-10)13-9(3)15/h4-7H,1H2,2-3H3,(H,13,15). The molecule has 0 fully saturated rings. The fourth-order valence-electron chi connectivity index (χ4n) is 1.22. The van der Waals surface area contributed by atoms with Crippen LogP contribution >= 0.6 is 0 Å².